The van der Waals surface area contributed by atoms with E-state index in [2.05, 4.69) is 41.5 Å². The molecule has 3 atom stereocenters. The summed E-state index contributed by atoms with van der Waals surface area (Å²) in [5.41, 5.74) is 3.21. The van der Waals surface area contributed by atoms with Gasteiger partial charge in [0, 0.05) is 17.6 Å². The molecule has 4 heteroatoms. The minimum absolute atomic E-state index is 0.133. The van der Waals surface area contributed by atoms with Gasteiger partial charge in [-0.1, -0.05) is 24.3 Å². The molecule has 1 aliphatic rings. The molecule has 1 saturated carbocycles. The van der Waals surface area contributed by atoms with Crippen LogP contribution in [0.1, 0.15) is 43.5 Å². The number of nitrogens with one attached hydrogen (secondary N) is 1. The number of hydrogen-bond acceptors (Lipinski definition) is 4. The third-order valence-electron chi connectivity index (χ3n) is 4.31. The van der Waals surface area contributed by atoms with Gasteiger partial charge < -0.3 is 14.8 Å². The van der Waals surface area contributed by atoms with E-state index in [4.69, 9.17) is 4.42 Å². The number of hydrogen-bond donors (Lipinski definition) is 2. The maximum absolute atomic E-state index is 9.59. The molecule has 1 aromatic heterocycles. The van der Waals surface area contributed by atoms with Gasteiger partial charge >= 0.3 is 0 Å². The fourth-order valence-corrected chi connectivity index (χ4v) is 3.06. The van der Waals surface area contributed by atoms with E-state index in [1.165, 1.54) is 12.0 Å². The highest BCUT2D eigenvalue weighted by atomic mass is 16.3. The molecule has 21 heavy (non-hydrogen) atoms. The highest BCUT2D eigenvalue weighted by molar-refractivity contribution is 5.59. The van der Waals surface area contributed by atoms with Gasteiger partial charge in [-0.05, 0) is 38.7 Å². The molecule has 0 bridgehead atoms. The first-order valence-corrected chi connectivity index (χ1v) is 7.58. The lowest BCUT2D eigenvalue weighted by molar-refractivity contribution is 0.179. The molecule has 1 aliphatic carbocycles. The first-order chi connectivity index (χ1) is 10.1. The molecule has 1 unspecified atom stereocenters. The van der Waals surface area contributed by atoms with E-state index in [-0.39, 0.29) is 12.1 Å². The van der Waals surface area contributed by atoms with Crippen LogP contribution in [0.5, 0.6) is 0 Å². The maximum Gasteiger partial charge on any atom is 0.181 e. The molecular formula is C17H22N2O2. The van der Waals surface area contributed by atoms with Crippen molar-refractivity contribution in [1.29, 1.82) is 0 Å². The summed E-state index contributed by atoms with van der Waals surface area (Å²) in [7, 11) is 0. The second kappa shape index (κ2) is 6.00. The maximum atomic E-state index is 9.59. The Bertz CT molecular complexity index is 591. The van der Waals surface area contributed by atoms with Crippen LogP contribution in [0.3, 0.4) is 0 Å². The van der Waals surface area contributed by atoms with Gasteiger partial charge in [-0.3, -0.25) is 0 Å². The lowest BCUT2D eigenvalue weighted by Gasteiger charge is -2.19. The normalized spacial score (nSPS) is 23.4. The predicted octanol–water partition coefficient (Wildman–Crippen LogP) is 3.21. The molecular weight excluding hydrogens is 264 g/mol. The first-order valence-electron chi connectivity index (χ1n) is 7.58. The van der Waals surface area contributed by atoms with Crippen LogP contribution in [0.2, 0.25) is 0 Å². The third kappa shape index (κ3) is 3.17. The molecule has 0 amide bonds. The van der Waals surface area contributed by atoms with Crippen LogP contribution >= 0.6 is 0 Å². The van der Waals surface area contributed by atoms with Crippen LogP contribution in [-0.4, -0.2) is 22.2 Å². The summed E-state index contributed by atoms with van der Waals surface area (Å²) in [5.74, 6) is 0.834. The number of oxazole rings is 1. The Balaban J connectivity index is 1.67. The Morgan fingerprint density at radius 3 is 2.62 bits per heavy atom. The molecule has 4 nitrogen and oxygen atoms in total. The van der Waals surface area contributed by atoms with Gasteiger partial charge in [-0.25, -0.2) is 4.98 Å². The molecule has 2 N–H and O–H groups in total. The molecule has 3 rings (SSSR count). The van der Waals surface area contributed by atoms with E-state index in [0.717, 1.165) is 36.3 Å². The number of aliphatic hydroxyl groups excluding tert-OH is 1. The van der Waals surface area contributed by atoms with Gasteiger partial charge in [0.1, 0.15) is 0 Å². The average molecular weight is 286 g/mol. The zero-order valence-electron chi connectivity index (χ0n) is 12.5. The lowest BCUT2D eigenvalue weighted by atomic mass is 10.0. The molecule has 1 heterocycles. The Kier molecular flexibility index (Phi) is 4.08. The van der Waals surface area contributed by atoms with Crippen molar-refractivity contribution in [1.82, 2.24) is 10.3 Å². The Labute approximate surface area is 125 Å². The van der Waals surface area contributed by atoms with Crippen molar-refractivity contribution in [2.75, 3.05) is 0 Å². The zero-order valence-corrected chi connectivity index (χ0v) is 12.5. The van der Waals surface area contributed by atoms with Gasteiger partial charge in [0.05, 0.1) is 11.8 Å². The zero-order chi connectivity index (χ0) is 14.8. The number of aromatic nitrogens is 1. The fraction of sp³-hybridized carbons (Fsp3) is 0.471. The van der Waals surface area contributed by atoms with Gasteiger partial charge in [-0.2, -0.15) is 0 Å². The molecule has 0 spiro atoms. The lowest BCUT2D eigenvalue weighted by Crippen LogP contribution is -2.29. The Morgan fingerprint density at radius 1 is 1.29 bits per heavy atom. The Morgan fingerprint density at radius 2 is 2.05 bits per heavy atom. The van der Waals surface area contributed by atoms with Gasteiger partial charge in [0.25, 0.3) is 0 Å². The first kappa shape index (κ1) is 14.3. The van der Waals surface area contributed by atoms with Crippen LogP contribution in [0, 0.1) is 6.92 Å². The second-order valence-electron chi connectivity index (χ2n) is 5.94. The molecule has 1 aromatic carbocycles. The van der Waals surface area contributed by atoms with Gasteiger partial charge in [-0.15, -0.1) is 0 Å². The molecule has 0 radical (unpaired) electrons. The van der Waals surface area contributed by atoms with Crippen molar-refractivity contribution >= 4 is 0 Å². The molecule has 0 saturated heterocycles. The van der Waals surface area contributed by atoms with E-state index in [9.17, 15) is 5.11 Å². The van der Waals surface area contributed by atoms with Crippen molar-refractivity contribution in [2.24, 2.45) is 0 Å². The van der Waals surface area contributed by atoms with Crippen LogP contribution in [0.15, 0.2) is 35.1 Å². The summed E-state index contributed by atoms with van der Waals surface area (Å²) in [6.07, 6.45) is 4.18. The van der Waals surface area contributed by atoms with E-state index in [1.54, 1.807) is 0 Å². The second-order valence-corrected chi connectivity index (χ2v) is 5.94. The number of nitrogens with zero attached hydrogens (tertiary/aromatic N) is 1. The monoisotopic (exact) mass is 286 g/mol. The van der Waals surface area contributed by atoms with Crippen LogP contribution < -0.4 is 5.32 Å². The summed E-state index contributed by atoms with van der Waals surface area (Å²) in [5, 5.41) is 13.2. The summed E-state index contributed by atoms with van der Waals surface area (Å²) in [4.78, 5) is 4.12. The highest BCUT2D eigenvalue weighted by Gasteiger charge is 2.24. The van der Waals surface area contributed by atoms with Crippen LogP contribution in [0.25, 0.3) is 11.3 Å². The van der Waals surface area contributed by atoms with Crippen LogP contribution in [0.4, 0.5) is 0 Å². The molecule has 2 aromatic rings. The third-order valence-corrected chi connectivity index (χ3v) is 4.31. The number of aliphatic hydroxyl groups is 1. The summed E-state index contributed by atoms with van der Waals surface area (Å²) in [6, 6.07) is 9.10. The SMILES string of the molecule is Cc1ncoc1-c1ccc([C@H](C)NC2CC[C@@H](O)C2)cc1. The van der Waals surface area contributed by atoms with Crippen molar-refractivity contribution in [3.05, 3.63) is 41.9 Å². The number of aryl methyl sites for hydroxylation is 1. The standard InChI is InChI=1S/C17H22N2O2/c1-11(19-15-7-8-16(20)9-15)13-3-5-14(6-4-13)17-12(2)18-10-21-17/h3-6,10-11,15-16,19-20H,7-9H2,1-2H3/t11-,15?,16+/m0/s1. The van der Waals surface area contributed by atoms with E-state index < -0.39 is 0 Å². The fourth-order valence-electron chi connectivity index (χ4n) is 3.06. The van der Waals surface area contributed by atoms with Crippen molar-refractivity contribution in [2.45, 2.75) is 51.3 Å². The van der Waals surface area contributed by atoms with E-state index >= 15 is 0 Å². The summed E-state index contributed by atoms with van der Waals surface area (Å²) < 4.78 is 5.42. The molecule has 0 aliphatic heterocycles. The quantitative estimate of drug-likeness (QED) is 0.906. The average Bonchev–Trinajstić information content (AvgIpc) is 3.08. The van der Waals surface area contributed by atoms with Gasteiger partial charge in [0.2, 0.25) is 0 Å². The van der Waals surface area contributed by atoms with Gasteiger partial charge in [0.15, 0.2) is 12.2 Å². The van der Waals surface area contributed by atoms with E-state index in [0.29, 0.717) is 6.04 Å². The number of benzene rings is 1. The minimum Gasteiger partial charge on any atom is -0.443 e. The predicted molar refractivity (Wildman–Crippen MR) is 81.9 cm³/mol. The van der Waals surface area contributed by atoms with Crippen molar-refractivity contribution in [3.8, 4) is 11.3 Å². The highest BCUT2D eigenvalue weighted by Crippen LogP contribution is 2.26. The van der Waals surface area contributed by atoms with E-state index in [1.807, 2.05) is 6.92 Å². The Hall–Kier alpha value is -1.65. The van der Waals surface area contributed by atoms with Crippen molar-refractivity contribution < 1.29 is 9.52 Å². The van der Waals surface area contributed by atoms with Crippen LogP contribution in [-0.2, 0) is 0 Å². The molecule has 1 fully saturated rings. The summed E-state index contributed by atoms with van der Waals surface area (Å²) in [6.45, 7) is 4.11. The molecule has 112 valence electrons. The summed E-state index contributed by atoms with van der Waals surface area (Å²) >= 11 is 0. The van der Waals surface area contributed by atoms with Crippen molar-refractivity contribution in [3.63, 3.8) is 0 Å². The smallest absolute Gasteiger partial charge is 0.181 e. The minimum atomic E-state index is -0.133. The topological polar surface area (TPSA) is 58.3 Å². The number of rotatable bonds is 4. The largest absolute Gasteiger partial charge is 0.443 e.